The topological polar surface area (TPSA) is 198 Å². The summed E-state index contributed by atoms with van der Waals surface area (Å²) in [6.07, 6.45) is -9.08. The average molecular weight is 319 g/mol. The Morgan fingerprint density at radius 3 is 2.50 bits per heavy atom. The van der Waals surface area contributed by atoms with E-state index in [9.17, 15) is 35.4 Å². The van der Waals surface area contributed by atoms with E-state index >= 15 is 0 Å². The van der Waals surface area contributed by atoms with Crippen molar-refractivity contribution < 1.29 is 40.2 Å². The molecule has 0 aromatic heterocycles. The van der Waals surface area contributed by atoms with Crippen LogP contribution in [0.5, 0.6) is 0 Å². The Hall–Kier alpha value is -1.50. The molecule has 0 aromatic rings. The minimum absolute atomic E-state index is 0.364. The molecular formula is C11H17N3O8. The van der Waals surface area contributed by atoms with Crippen LogP contribution in [0.15, 0.2) is 4.99 Å². The van der Waals surface area contributed by atoms with Crippen molar-refractivity contribution in [2.45, 2.75) is 41.8 Å². The van der Waals surface area contributed by atoms with Crippen molar-refractivity contribution in [2.75, 3.05) is 6.61 Å². The van der Waals surface area contributed by atoms with Crippen molar-refractivity contribution in [1.29, 1.82) is 0 Å². The van der Waals surface area contributed by atoms with E-state index in [0.29, 0.717) is 0 Å². The zero-order chi connectivity index (χ0) is 16.4. The highest BCUT2D eigenvalue weighted by molar-refractivity contribution is 5.85. The number of aliphatic hydroxyl groups excluding tert-OH is 5. The lowest BCUT2D eigenvalue weighted by atomic mass is 9.57. The van der Waals surface area contributed by atoms with Gasteiger partial charge in [0.25, 0.3) is 0 Å². The van der Waals surface area contributed by atoms with E-state index in [1.807, 2.05) is 0 Å². The Morgan fingerprint density at radius 1 is 1.27 bits per heavy atom. The number of fused-ring (bicyclic) bond motifs is 1. The molecule has 1 aliphatic carbocycles. The number of guanidine groups is 1. The van der Waals surface area contributed by atoms with Crippen LogP contribution < -0.4 is 11.1 Å². The van der Waals surface area contributed by atoms with Crippen LogP contribution in [-0.2, 0) is 9.53 Å². The van der Waals surface area contributed by atoms with Crippen LogP contribution in [0.2, 0.25) is 0 Å². The molecule has 1 saturated heterocycles. The summed E-state index contributed by atoms with van der Waals surface area (Å²) in [5, 5.41) is 63.3. The standard InChI is InChI=1S/C11H17N3O8/c12-9-13-7(19)2-3(16)10(21,1-15)6-4(17)11(2,14-9)5(18)8(20)22-6/h2-7,15-19,21H,1H2,(H3,12,13,14)/t2?,3?,4-,5+,6?,7+,10?,11?/m0/s1. The second-order valence-corrected chi connectivity index (χ2v) is 5.81. The van der Waals surface area contributed by atoms with Crippen LogP contribution in [0.25, 0.3) is 0 Å². The first-order valence-electron chi connectivity index (χ1n) is 6.57. The molecule has 0 radical (unpaired) electrons. The van der Waals surface area contributed by atoms with Crippen LogP contribution in [0.3, 0.4) is 0 Å². The maximum absolute atomic E-state index is 11.9. The highest BCUT2D eigenvalue weighted by atomic mass is 16.6. The molecule has 9 N–H and O–H groups in total. The second kappa shape index (κ2) is 4.50. The van der Waals surface area contributed by atoms with Crippen molar-refractivity contribution in [3.05, 3.63) is 0 Å². The highest BCUT2D eigenvalue weighted by Gasteiger charge is 2.75. The van der Waals surface area contributed by atoms with Crippen molar-refractivity contribution >= 4 is 11.9 Å². The number of ether oxygens (including phenoxy) is 1. The molecule has 3 rings (SSSR count). The van der Waals surface area contributed by atoms with Gasteiger partial charge in [-0.05, 0) is 0 Å². The van der Waals surface area contributed by atoms with Crippen LogP contribution in [-0.4, -0.2) is 91.0 Å². The van der Waals surface area contributed by atoms with E-state index in [1.54, 1.807) is 0 Å². The molecule has 22 heavy (non-hydrogen) atoms. The number of carbonyl (C=O) groups excluding carboxylic acids is 1. The third-order valence-electron chi connectivity index (χ3n) is 4.78. The van der Waals surface area contributed by atoms with Gasteiger partial charge in [0.2, 0.25) is 0 Å². The van der Waals surface area contributed by atoms with E-state index < -0.39 is 60.3 Å². The first kappa shape index (κ1) is 15.4. The summed E-state index contributed by atoms with van der Waals surface area (Å²) in [6.45, 7) is -1.06. The molecule has 0 aromatic carbocycles. The smallest absolute Gasteiger partial charge is 0.338 e. The molecule has 5 unspecified atom stereocenters. The summed E-state index contributed by atoms with van der Waals surface area (Å²) in [5.74, 6) is -3.09. The number of esters is 1. The molecule has 11 nitrogen and oxygen atoms in total. The lowest BCUT2D eigenvalue weighted by Crippen LogP contribution is -2.88. The van der Waals surface area contributed by atoms with Gasteiger partial charge in [-0.25, -0.2) is 9.79 Å². The lowest BCUT2D eigenvalue weighted by molar-refractivity contribution is -0.309. The Morgan fingerprint density at radius 2 is 1.91 bits per heavy atom. The fraction of sp³-hybridized carbons (Fsp3) is 0.818. The average Bonchev–Trinajstić information content (AvgIpc) is 2.46. The van der Waals surface area contributed by atoms with Gasteiger partial charge in [0.15, 0.2) is 30.0 Å². The number of aliphatic imine (C=N–C) groups is 1. The molecule has 2 bridgehead atoms. The van der Waals surface area contributed by atoms with Gasteiger partial charge in [0.1, 0.15) is 11.6 Å². The van der Waals surface area contributed by atoms with Crippen molar-refractivity contribution in [2.24, 2.45) is 16.6 Å². The minimum Gasteiger partial charge on any atom is -0.454 e. The van der Waals surface area contributed by atoms with Gasteiger partial charge >= 0.3 is 5.97 Å². The summed E-state index contributed by atoms with van der Waals surface area (Å²) in [7, 11) is 0. The minimum atomic E-state index is -2.44. The zero-order valence-electron chi connectivity index (χ0n) is 11.2. The van der Waals surface area contributed by atoms with E-state index in [0.717, 1.165) is 0 Å². The molecule has 124 valence electrons. The maximum atomic E-state index is 11.9. The molecule has 2 heterocycles. The molecule has 1 saturated carbocycles. The zero-order valence-corrected chi connectivity index (χ0v) is 11.2. The van der Waals surface area contributed by atoms with Crippen LogP contribution in [0, 0.1) is 5.92 Å². The van der Waals surface area contributed by atoms with Gasteiger partial charge in [-0.2, -0.15) is 0 Å². The van der Waals surface area contributed by atoms with E-state index in [-0.39, 0.29) is 5.96 Å². The van der Waals surface area contributed by atoms with Gasteiger partial charge in [0, 0.05) is 0 Å². The first-order valence-corrected chi connectivity index (χ1v) is 6.57. The lowest BCUT2D eigenvalue weighted by Gasteiger charge is -2.62. The molecular weight excluding hydrogens is 302 g/mol. The van der Waals surface area contributed by atoms with Gasteiger partial charge in [-0.3, -0.25) is 0 Å². The fourth-order valence-electron chi connectivity index (χ4n) is 3.65. The molecule has 8 atom stereocenters. The number of rotatable bonds is 1. The number of nitrogens with two attached hydrogens (primary N) is 1. The summed E-state index contributed by atoms with van der Waals surface area (Å²) in [4.78, 5) is 15.4. The number of hydrogen-bond donors (Lipinski definition) is 8. The van der Waals surface area contributed by atoms with E-state index in [4.69, 9.17) is 10.5 Å². The molecule has 1 spiro atoms. The highest BCUT2D eigenvalue weighted by Crippen LogP contribution is 2.48. The number of carbonyl (C=O) groups is 1. The fourth-order valence-corrected chi connectivity index (χ4v) is 3.65. The predicted molar refractivity (Wildman–Crippen MR) is 66.9 cm³/mol. The SMILES string of the molecule is NC1=N[C@H](O)C2C(O)C(O)(CO)C3OC(=O)[C@@H](O)C2(N1)[C@H]3O. The summed E-state index contributed by atoms with van der Waals surface area (Å²) in [5.41, 5.74) is 1.04. The van der Waals surface area contributed by atoms with Crippen LogP contribution in [0.1, 0.15) is 0 Å². The second-order valence-electron chi connectivity index (χ2n) is 5.81. The number of nitrogens with one attached hydrogen (secondary N) is 1. The molecule has 2 fully saturated rings. The summed E-state index contributed by atoms with van der Waals surface area (Å²) >= 11 is 0. The van der Waals surface area contributed by atoms with Crippen molar-refractivity contribution in [1.82, 2.24) is 5.32 Å². The number of aliphatic hydroxyl groups is 6. The first-order chi connectivity index (χ1) is 10.2. The summed E-state index contributed by atoms with van der Waals surface area (Å²) in [6, 6.07) is 0. The van der Waals surface area contributed by atoms with Crippen LogP contribution >= 0.6 is 0 Å². The monoisotopic (exact) mass is 319 g/mol. The Bertz CT molecular complexity index is 543. The van der Waals surface area contributed by atoms with Gasteiger partial charge < -0.3 is 46.4 Å². The largest absolute Gasteiger partial charge is 0.454 e. The van der Waals surface area contributed by atoms with E-state index in [2.05, 4.69) is 10.3 Å². The van der Waals surface area contributed by atoms with Gasteiger partial charge in [0.05, 0.1) is 18.6 Å². The van der Waals surface area contributed by atoms with E-state index in [1.165, 1.54) is 0 Å². The molecule has 0 amide bonds. The van der Waals surface area contributed by atoms with Crippen molar-refractivity contribution in [3.8, 4) is 0 Å². The normalized spacial score (nSPS) is 53.9. The third kappa shape index (κ3) is 1.55. The van der Waals surface area contributed by atoms with Crippen molar-refractivity contribution in [3.63, 3.8) is 0 Å². The molecule has 2 aliphatic heterocycles. The molecule has 3 aliphatic rings. The Labute approximate surface area is 123 Å². The number of nitrogens with zero attached hydrogens (tertiary/aromatic N) is 1. The third-order valence-corrected chi connectivity index (χ3v) is 4.78. The quantitative estimate of drug-likeness (QED) is 0.215. The Kier molecular flexibility index (Phi) is 3.15. The van der Waals surface area contributed by atoms with Crippen LogP contribution in [0.4, 0.5) is 0 Å². The van der Waals surface area contributed by atoms with Gasteiger partial charge in [-0.1, -0.05) is 0 Å². The summed E-state index contributed by atoms with van der Waals surface area (Å²) < 4.78 is 4.76. The Balaban J connectivity index is 2.22. The maximum Gasteiger partial charge on any atom is 0.338 e. The van der Waals surface area contributed by atoms with Gasteiger partial charge in [-0.15, -0.1) is 0 Å². The predicted octanol–water partition coefficient (Wildman–Crippen LogP) is -5.68. The molecule has 11 heteroatoms. The number of hydrogen-bond acceptors (Lipinski definition) is 11.